The quantitative estimate of drug-likeness (QED) is 0.601. The molecule has 0 heterocycles. The minimum Gasteiger partial charge on any atom is -0.468 e. The predicted molar refractivity (Wildman–Crippen MR) is 69.0 cm³/mol. The van der Waals surface area contributed by atoms with Crippen molar-refractivity contribution in [2.45, 2.75) is 38.6 Å². The van der Waals surface area contributed by atoms with Crippen molar-refractivity contribution in [3.05, 3.63) is 0 Å². The fraction of sp³-hybridized carbons (Fsp3) is 0.833. The SMILES string of the molecule is COC(=O)CN(C(=O)C(C)CS)C1CCCC1. The summed E-state index contributed by atoms with van der Waals surface area (Å²) in [7, 11) is 1.35. The standard InChI is InChI=1S/C12H21NO3S/c1-9(8-17)12(15)13(7-11(14)16-2)10-5-3-4-6-10/h9-10,17H,3-8H2,1-2H3. The molecule has 1 fully saturated rings. The topological polar surface area (TPSA) is 46.6 Å². The summed E-state index contributed by atoms with van der Waals surface area (Å²) in [6.07, 6.45) is 4.24. The smallest absolute Gasteiger partial charge is 0.325 e. The van der Waals surface area contributed by atoms with E-state index in [-0.39, 0.29) is 30.4 Å². The molecule has 0 aromatic rings. The number of hydrogen-bond acceptors (Lipinski definition) is 4. The number of ether oxygens (including phenoxy) is 1. The lowest BCUT2D eigenvalue weighted by molar-refractivity contribution is -0.149. The molecule has 1 aliphatic carbocycles. The Morgan fingerprint density at radius 3 is 2.47 bits per heavy atom. The van der Waals surface area contributed by atoms with E-state index in [9.17, 15) is 9.59 Å². The first-order valence-corrected chi connectivity index (χ1v) is 6.71. The Kier molecular flexibility index (Phi) is 5.82. The summed E-state index contributed by atoms with van der Waals surface area (Å²) in [5.74, 6) is 0.0148. The highest BCUT2D eigenvalue weighted by Crippen LogP contribution is 2.24. The first-order valence-electron chi connectivity index (χ1n) is 6.08. The molecule has 1 atom stereocenters. The number of rotatable bonds is 5. The zero-order valence-electron chi connectivity index (χ0n) is 10.5. The Morgan fingerprint density at radius 1 is 1.41 bits per heavy atom. The van der Waals surface area contributed by atoms with E-state index in [1.165, 1.54) is 7.11 Å². The summed E-state index contributed by atoms with van der Waals surface area (Å²) in [6.45, 7) is 1.91. The minimum absolute atomic E-state index is 0.0114. The highest BCUT2D eigenvalue weighted by molar-refractivity contribution is 7.80. The molecule has 0 radical (unpaired) electrons. The van der Waals surface area contributed by atoms with Crippen molar-refractivity contribution >= 4 is 24.5 Å². The maximum atomic E-state index is 12.2. The molecular weight excluding hydrogens is 238 g/mol. The normalized spacial score (nSPS) is 17.8. The van der Waals surface area contributed by atoms with Gasteiger partial charge in [0.25, 0.3) is 0 Å². The number of nitrogens with zero attached hydrogens (tertiary/aromatic N) is 1. The Bertz CT molecular complexity index is 277. The van der Waals surface area contributed by atoms with Crippen LogP contribution < -0.4 is 0 Å². The lowest BCUT2D eigenvalue weighted by Gasteiger charge is -2.30. The van der Waals surface area contributed by atoms with Gasteiger partial charge in [0, 0.05) is 17.7 Å². The fourth-order valence-corrected chi connectivity index (χ4v) is 2.32. The van der Waals surface area contributed by atoms with E-state index < -0.39 is 0 Å². The van der Waals surface area contributed by atoms with Gasteiger partial charge in [-0.3, -0.25) is 9.59 Å². The van der Waals surface area contributed by atoms with Gasteiger partial charge in [-0.2, -0.15) is 12.6 Å². The van der Waals surface area contributed by atoms with Crippen LogP contribution in [0.2, 0.25) is 0 Å². The molecule has 0 saturated heterocycles. The second-order valence-corrected chi connectivity index (χ2v) is 4.93. The van der Waals surface area contributed by atoms with Gasteiger partial charge < -0.3 is 9.64 Å². The summed E-state index contributed by atoms with van der Waals surface area (Å²) in [5.41, 5.74) is 0. The zero-order chi connectivity index (χ0) is 12.8. The van der Waals surface area contributed by atoms with Gasteiger partial charge in [0.05, 0.1) is 7.11 Å². The van der Waals surface area contributed by atoms with Crippen LogP contribution in [0, 0.1) is 5.92 Å². The number of thiol groups is 1. The van der Waals surface area contributed by atoms with Crippen molar-refractivity contribution in [2.75, 3.05) is 19.4 Å². The lowest BCUT2D eigenvalue weighted by atomic mass is 10.1. The van der Waals surface area contributed by atoms with Crippen molar-refractivity contribution in [1.82, 2.24) is 4.90 Å². The number of esters is 1. The molecule has 0 bridgehead atoms. The Balaban J connectivity index is 2.70. The van der Waals surface area contributed by atoms with Gasteiger partial charge in [-0.1, -0.05) is 19.8 Å². The largest absolute Gasteiger partial charge is 0.468 e. The molecule has 0 aromatic carbocycles. The van der Waals surface area contributed by atoms with Crippen LogP contribution in [0.3, 0.4) is 0 Å². The van der Waals surface area contributed by atoms with Crippen LogP contribution in [0.4, 0.5) is 0 Å². The molecule has 98 valence electrons. The van der Waals surface area contributed by atoms with Crippen molar-refractivity contribution in [3.8, 4) is 0 Å². The summed E-state index contributed by atoms with van der Waals surface area (Å²) >= 11 is 4.14. The lowest BCUT2D eigenvalue weighted by Crippen LogP contribution is -2.45. The van der Waals surface area contributed by atoms with Crippen molar-refractivity contribution in [2.24, 2.45) is 5.92 Å². The van der Waals surface area contributed by atoms with Gasteiger partial charge >= 0.3 is 5.97 Å². The Morgan fingerprint density at radius 2 is 2.00 bits per heavy atom. The highest BCUT2D eigenvalue weighted by atomic mass is 32.1. The molecule has 5 heteroatoms. The van der Waals surface area contributed by atoms with Gasteiger partial charge in [-0.25, -0.2) is 0 Å². The summed E-state index contributed by atoms with van der Waals surface area (Å²) < 4.78 is 4.65. The Labute approximate surface area is 108 Å². The first kappa shape index (κ1) is 14.4. The summed E-state index contributed by atoms with van der Waals surface area (Å²) in [5, 5.41) is 0. The van der Waals surface area contributed by atoms with E-state index in [0.717, 1.165) is 25.7 Å². The predicted octanol–water partition coefficient (Wildman–Crippen LogP) is 1.50. The van der Waals surface area contributed by atoms with Crippen LogP contribution in [-0.2, 0) is 14.3 Å². The van der Waals surface area contributed by atoms with Crippen LogP contribution in [0.15, 0.2) is 0 Å². The van der Waals surface area contributed by atoms with Crippen molar-refractivity contribution in [3.63, 3.8) is 0 Å². The third-order valence-electron chi connectivity index (χ3n) is 3.27. The van der Waals surface area contributed by atoms with Gasteiger partial charge in [-0.15, -0.1) is 0 Å². The average Bonchev–Trinajstić information content (AvgIpc) is 2.87. The maximum Gasteiger partial charge on any atom is 0.325 e. The molecule has 1 saturated carbocycles. The van der Waals surface area contributed by atoms with Crippen LogP contribution in [-0.4, -0.2) is 42.2 Å². The second kappa shape index (κ2) is 6.89. The molecule has 0 N–H and O–H groups in total. The molecule has 1 rings (SSSR count). The Hall–Kier alpha value is -0.710. The van der Waals surface area contributed by atoms with E-state index in [2.05, 4.69) is 17.4 Å². The minimum atomic E-state index is -0.350. The van der Waals surface area contributed by atoms with Crippen LogP contribution in [0.1, 0.15) is 32.6 Å². The van der Waals surface area contributed by atoms with Gasteiger partial charge in [0.15, 0.2) is 0 Å². The van der Waals surface area contributed by atoms with Gasteiger partial charge in [-0.05, 0) is 12.8 Å². The molecule has 0 spiro atoms. The van der Waals surface area contributed by atoms with E-state index in [0.29, 0.717) is 5.75 Å². The second-order valence-electron chi connectivity index (χ2n) is 4.56. The number of methoxy groups -OCH3 is 1. The number of carbonyl (C=O) groups is 2. The molecule has 4 nitrogen and oxygen atoms in total. The van der Waals surface area contributed by atoms with Crippen LogP contribution in [0.5, 0.6) is 0 Å². The van der Waals surface area contributed by atoms with Gasteiger partial charge in [0.2, 0.25) is 5.91 Å². The first-order chi connectivity index (χ1) is 8.10. The average molecular weight is 259 g/mol. The molecular formula is C12H21NO3S. The van der Waals surface area contributed by atoms with Crippen LogP contribution >= 0.6 is 12.6 Å². The van der Waals surface area contributed by atoms with E-state index in [1.54, 1.807) is 4.90 Å². The molecule has 1 aliphatic rings. The summed E-state index contributed by atoms with van der Waals surface area (Å²) in [6, 6.07) is 0.198. The van der Waals surface area contributed by atoms with E-state index in [1.807, 2.05) is 6.92 Å². The number of carbonyl (C=O) groups excluding carboxylic acids is 2. The monoisotopic (exact) mass is 259 g/mol. The van der Waals surface area contributed by atoms with Crippen molar-refractivity contribution in [1.29, 1.82) is 0 Å². The van der Waals surface area contributed by atoms with E-state index in [4.69, 9.17) is 0 Å². The van der Waals surface area contributed by atoms with Crippen LogP contribution in [0.25, 0.3) is 0 Å². The fourth-order valence-electron chi connectivity index (χ4n) is 2.17. The molecule has 17 heavy (non-hydrogen) atoms. The third kappa shape index (κ3) is 3.91. The van der Waals surface area contributed by atoms with E-state index >= 15 is 0 Å². The highest BCUT2D eigenvalue weighted by Gasteiger charge is 2.30. The number of amides is 1. The van der Waals surface area contributed by atoms with Crippen molar-refractivity contribution < 1.29 is 14.3 Å². The summed E-state index contributed by atoms with van der Waals surface area (Å²) in [4.78, 5) is 25.2. The number of hydrogen-bond donors (Lipinski definition) is 1. The molecule has 0 aromatic heterocycles. The molecule has 1 amide bonds. The third-order valence-corrected chi connectivity index (χ3v) is 3.82. The molecule has 0 aliphatic heterocycles. The maximum absolute atomic E-state index is 12.2. The zero-order valence-corrected chi connectivity index (χ0v) is 11.4. The van der Waals surface area contributed by atoms with Gasteiger partial charge in [0.1, 0.15) is 6.54 Å². The molecule has 1 unspecified atom stereocenters.